The van der Waals surface area contributed by atoms with Crippen LogP contribution in [0.5, 0.6) is 0 Å². The molecule has 6 nitrogen and oxygen atoms in total. The molecule has 0 aliphatic rings. The number of nitrogens with one attached hydrogen (secondary N) is 1. The zero-order chi connectivity index (χ0) is 12.1. The van der Waals surface area contributed by atoms with Crippen molar-refractivity contribution in [2.75, 3.05) is 0 Å². The first-order chi connectivity index (χ1) is 8.27. The van der Waals surface area contributed by atoms with E-state index < -0.39 is 0 Å². The second kappa shape index (κ2) is 5.20. The monoisotopic (exact) mass is 231 g/mol. The molecule has 0 saturated heterocycles. The molecule has 88 valence electrons. The van der Waals surface area contributed by atoms with Gasteiger partial charge in [-0.2, -0.15) is 5.21 Å². The molecule has 0 fully saturated rings. The topological polar surface area (TPSA) is 97.5 Å². The number of rotatable bonds is 5. The number of aryl methyl sites for hydroxylation is 2. The lowest BCUT2D eigenvalue weighted by Gasteiger charge is -2.04. The first-order valence-electron chi connectivity index (χ1n) is 5.37. The third-order valence-corrected chi connectivity index (χ3v) is 2.52. The zero-order valence-corrected chi connectivity index (χ0v) is 9.26. The molecule has 0 unspecified atom stereocenters. The number of tetrazole rings is 1. The van der Waals surface area contributed by atoms with Crippen molar-refractivity contribution in [1.29, 1.82) is 0 Å². The van der Waals surface area contributed by atoms with Gasteiger partial charge in [-0.15, -0.1) is 10.2 Å². The predicted octanol–water partition coefficient (Wildman–Crippen LogP) is 0.474. The number of hydrogen-bond acceptors (Lipinski definition) is 4. The molecule has 2 aromatic rings. The maximum absolute atomic E-state index is 11.2. The number of nitrogens with zero attached hydrogens (tertiary/aromatic N) is 3. The van der Waals surface area contributed by atoms with E-state index in [1.54, 1.807) is 6.07 Å². The van der Waals surface area contributed by atoms with Gasteiger partial charge in [0, 0.05) is 12.0 Å². The van der Waals surface area contributed by atoms with E-state index in [0.717, 1.165) is 24.8 Å². The van der Waals surface area contributed by atoms with Gasteiger partial charge in [0.15, 0.2) is 5.82 Å². The van der Waals surface area contributed by atoms with E-state index in [1.807, 2.05) is 18.2 Å². The molecular weight excluding hydrogens is 218 g/mol. The van der Waals surface area contributed by atoms with Crippen LogP contribution in [0.15, 0.2) is 24.3 Å². The summed E-state index contributed by atoms with van der Waals surface area (Å²) in [6.45, 7) is 0. The number of amides is 1. The number of aromatic amines is 1. The molecule has 1 amide bonds. The number of primary amides is 1. The fourth-order valence-electron chi connectivity index (χ4n) is 1.70. The zero-order valence-electron chi connectivity index (χ0n) is 9.26. The molecule has 3 N–H and O–H groups in total. The molecule has 0 atom stereocenters. The first kappa shape index (κ1) is 11.3. The molecule has 0 bridgehead atoms. The van der Waals surface area contributed by atoms with E-state index in [2.05, 4.69) is 20.6 Å². The first-order valence-corrected chi connectivity index (χ1v) is 5.37. The summed E-state index contributed by atoms with van der Waals surface area (Å²) in [7, 11) is 0. The number of carbonyl (C=O) groups excluding carboxylic acids is 1. The van der Waals surface area contributed by atoms with Gasteiger partial charge in [-0.1, -0.05) is 23.4 Å². The summed E-state index contributed by atoms with van der Waals surface area (Å²) in [5.41, 5.74) is 6.85. The molecule has 0 radical (unpaired) electrons. The molecule has 0 aliphatic carbocycles. The molecule has 1 heterocycles. The maximum atomic E-state index is 11.2. The van der Waals surface area contributed by atoms with Crippen molar-refractivity contribution >= 4 is 5.91 Å². The van der Waals surface area contributed by atoms with Crippen LogP contribution < -0.4 is 5.73 Å². The van der Waals surface area contributed by atoms with Crippen molar-refractivity contribution in [2.24, 2.45) is 5.73 Å². The Hall–Kier alpha value is -2.24. The van der Waals surface area contributed by atoms with Crippen LogP contribution in [0.4, 0.5) is 0 Å². The minimum atomic E-state index is -0.389. The number of H-pyrrole nitrogens is 1. The summed E-state index contributed by atoms with van der Waals surface area (Å²) >= 11 is 0. The number of benzene rings is 1. The summed E-state index contributed by atoms with van der Waals surface area (Å²) < 4.78 is 0. The van der Waals surface area contributed by atoms with Crippen LogP contribution in [0.2, 0.25) is 0 Å². The van der Waals surface area contributed by atoms with Crippen molar-refractivity contribution in [2.45, 2.75) is 19.3 Å². The molecule has 1 aromatic heterocycles. The van der Waals surface area contributed by atoms with Crippen molar-refractivity contribution in [3.63, 3.8) is 0 Å². The summed E-state index contributed by atoms with van der Waals surface area (Å²) in [5.74, 6) is 0.293. The van der Waals surface area contributed by atoms with Crippen LogP contribution in [0, 0.1) is 0 Å². The third-order valence-electron chi connectivity index (χ3n) is 2.52. The standard InChI is InChI=1S/C11H13N5O/c12-11(17)9-6-2-1-4-8(9)5-3-7-10-13-15-16-14-10/h1-2,4,6H,3,5,7H2,(H2,12,17)(H,13,14,15,16). The van der Waals surface area contributed by atoms with E-state index in [4.69, 9.17) is 5.73 Å². The second-order valence-corrected chi connectivity index (χ2v) is 3.70. The van der Waals surface area contributed by atoms with Crippen LogP contribution >= 0.6 is 0 Å². The molecule has 0 spiro atoms. The second-order valence-electron chi connectivity index (χ2n) is 3.70. The average molecular weight is 231 g/mol. The fraction of sp³-hybridized carbons (Fsp3) is 0.273. The smallest absolute Gasteiger partial charge is 0.248 e. The van der Waals surface area contributed by atoms with E-state index in [9.17, 15) is 4.79 Å². The van der Waals surface area contributed by atoms with Crippen LogP contribution in [0.1, 0.15) is 28.2 Å². The molecule has 1 aromatic carbocycles. The minimum absolute atomic E-state index is 0.389. The van der Waals surface area contributed by atoms with Gasteiger partial charge in [0.2, 0.25) is 5.91 Å². The molecule has 0 aliphatic heterocycles. The molecular formula is C11H13N5O. The summed E-state index contributed by atoms with van der Waals surface area (Å²) in [4.78, 5) is 11.2. The van der Waals surface area contributed by atoms with Crippen molar-refractivity contribution in [3.8, 4) is 0 Å². The minimum Gasteiger partial charge on any atom is -0.366 e. The van der Waals surface area contributed by atoms with Crippen LogP contribution in [-0.4, -0.2) is 26.5 Å². The lowest BCUT2D eigenvalue weighted by atomic mass is 10.0. The van der Waals surface area contributed by atoms with Gasteiger partial charge in [0.05, 0.1) is 0 Å². The van der Waals surface area contributed by atoms with Crippen molar-refractivity contribution < 1.29 is 4.79 Å². The quantitative estimate of drug-likeness (QED) is 0.781. The summed E-state index contributed by atoms with van der Waals surface area (Å²) in [6.07, 6.45) is 2.35. The SMILES string of the molecule is NC(=O)c1ccccc1CCCc1nn[nH]n1. The Kier molecular flexibility index (Phi) is 3.44. The number of hydrogen-bond donors (Lipinski definition) is 2. The van der Waals surface area contributed by atoms with Gasteiger partial charge in [-0.3, -0.25) is 4.79 Å². The largest absolute Gasteiger partial charge is 0.366 e. The molecule has 17 heavy (non-hydrogen) atoms. The predicted molar refractivity (Wildman–Crippen MR) is 61.2 cm³/mol. The van der Waals surface area contributed by atoms with Crippen LogP contribution in [-0.2, 0) is 12.8 Å². The highest BCUT2D eigenvalue weighted by Crippen LogP contribution is 2.11. The van der Waals surface area contributed by atoms with E-state index in [0.29, 0.717) is 11.4 Å². The fourth-order valence-corrected chi connectivity index (χ4v) is 1.70. The van der Waals surface area contributed by atoms with Gasteiger partial charge in [0.1, 0.15) is 0 Å². The average Bonchev–Trinajstić information content (AvgIpc) is 2.82. The van der Waals surface area contributed by atoms with E-state index in [1.165, 1.54) is 0 Å². The maximum Gasteiger partial charge on any atom is 0.248 e. The number of carbonyl (C=O) groups is 1. The highest BCUT2D eigenvalue weighted by molar-refractivity contribution is 5.94. The van der Waals surface area contributed by atoms with Crippen molar-refractivity contribution in [3.05, 3.63) is 41.2 Å². The number of aromatic nitrogens is 4. The highest BCUT2D eigenvalue weighted by Gasteiger charge is 2.07. The number of nitrogens with two attached hydrogens (primary N) is 1. The van der Waals surface area contributed by atoms with Crippen LogP contribution in [0.25, 0.3) is 0 Å². The Morgan fingerprint density at radius 1 is 1.29 bits per heavy atom. The van der Waals surface area contributed by atoms with Gasteiger partial charge < -0.3 is 5.73 Å². The molecule has 0 saturated carbocycles. The summed E-state index contributed by atoms with van der Waals surface area (Å²) in [5, 5.41) is 13.6. The Morgan fingerprint density at radius 2 is 2.12 bits per heavy atom. The van der Waals surface area contributed by atoms with E-state index >= 15 is 0 Å². The Morgan fingerprint density at radius 3 is 2.82 bits per heavy atom. The van der Waals surface area contributed by atoms with E-state index in [-0.39, 0.29) is 5.91 Å². The molecule has 2 rings (SSSR count). The van der Waals surface area contributed by atoms with Gasteiger partial charge in [0.25, 0.3) is 0 Å². The van der Waals surface area contributed by atoms with Gasteiger partial charge >= 0.3 is 0 Å². The van der Waals surface area contributed by atoms with Gasteiger partial charge in [-0.25, -0.2) is 0 Å². The lowest BCUT2D eigenvalue weighted by Crippen LogP contribution is -2.13. The van der Waals surface area contributed by atoms with Crippen molar-refractivity contribution in [1.82, 2.24) is 20.6 Å². The lowest BCUT2D eigenvalue weighted by molar-refractivity contribution is 0.0999. The normalized spacial score (nSPS) is 10.4. The third kappa shape index (κ3) is 2.87. The summed E-state index contributed by atoms with van der Waals surface area (Å²) in [6, 6.07) is 7.36. The Balaban J connectivity index is 1.97. The highest BCUT2D eigenvalue weighted by atomic mass is 16.1. The van der Waals surface area contributed by atoms with Gasteiger partial charge in [-0.05, 0) is 24.5 Å². The molecule has 6 heteroatoms. The van der Waals surface area contributed by atoms with Crippen LogP contribution in [0.3, 0.4) is 0 Å². The Bertz CT molecular complexity index is 494. The Labute approximate surface area is 98.2 Å².